The van der Waals surface area contributed by atoms with E-state index in [9.17, 15) is 13.5 Å². The summed E-state index contributed by atoms with van der Waals surface area (Å²) in [5.41, 5.74) is -0.802. The van der Waals surface area contributed by atoms with Crippen LogP contribution in [0.5, 0.6) is 0 Å². The van der Waals surface area contributed by atoms with Gasteiger partial charge in [-0.3, -0.25) is 0 Å². The van der Waals surface area contributed by atoms with Crippen LogP contribution in [0.3, 0.4) is 0 Å². The number of hydrogen-bond donors (Lipinski definition) is 1. The lowest BCUT2D eigenvalue weighted by molar-refractivity contribution is -0.0665. The summed E-state index contributed by atoms with van der Waals surface area (Å²) in [4.78, 5) is 0.397. The van der Waals surface area contributed by atoms with Crippen LogP contribution in [0.1, 0.15) is 78.1 Å². The second-order valence-corrected chi connectivity index (χ2v) is 9.79. The fourth-order valence-electron chi connectivity index (χ4n) is 3.98. The van der Waals surface area contributed by atoms with Gasteiger partial charge in [-0.05, 0) is 37.8 Å². The van der Waals surface area contributed by atoms with Crippen LogP contribution in [0.2, 0.25) is 0 Å². The molecule has 1 saturated carbocycles. The van der Waals surface area contributed by atoms with Crippen molar-refractivity contribution in [1.82, 2.24) is 0 Å². The molecule has 0 spiro atoms. The molecule has 24 heavy (non-hydrogen) atoms. The lowest BCUT2D eigenvalue weighted by Crippen LogP contribution is -2.60. The van der Waals surface area contributed by atoms with Crippen molar-refractivity contribution in [1.29, 1.82) is 0 Å². The average Bonchev–Trinajstić information content (AvgIpc) is 2.56. The molecule has 1 aromatic carbocycles. The molecule has 0 saturated heterocycles. The molecule has 1 fully saturated rings. The van der Waals surface area contributed by atoms with Gasteiger partial charge in [0.2, 0.25) is 0 Å². The minimum atomic E-state index is -3.40. The molecule has 1 aromatic rings. The molecule has 0 radical (unpaired) electrons. The summed E-state index contributed by atoms with van der Waals surface area (Å²) in [6, 6.07) is 8.75. The zero-order valence-electron chi connectivity index (χ0n) is 15.1. The molecule has 1 aliphatic carbocycles. The van der Waals surface area contributed by atoms with Crippen molar-refractivity contribution in [3.63, 3.8) is 0 Å². The van der Waals surface area contributed by atoms with Crippen LogP contribution in [0, 0.1) is 0 Å². The first kappa shape index (κ1) is 19.5. The second kappa shape index (κ2) is 8.01. The van der Waals surface area contributed by atoms with Crippen molar-refractivity contribution in [2.24, 2.45) is 0 Å². The lowest BCUT2D eigenvalue weighted by Gasteiger charge is -2.52. The maximum Gasteiger partial charge on any atom is 0.184 e. The Balaban J connectivity index is 2.08. The Bertz CT molecular complexity index is 601. The quantitative estimate of drug-likeness (QED) is 0.610. The first-order valence-electron chi connectivity index (χ1n) is 9.41. The minimum absolute atomic E-state index is 0.378. The number of aliphatic hydroxyl groups is 1. The van der Waals surface area contributed by atoms with Crippen LogP contribution in [-0.4, -0.2) is 23.9 Å². The van der Waals surface area contributed by atoms with E-state index in [0.29, 0.717) is 30.6 Å². The molecule has 0 aromatic heterocycles. The van der Waals surface area contributed by atoms with E-state index in [0.717, 1.165) is 12.8 Å². The van der Waals surface area contributed by atoms with Crippen molar-refractivity contribution >= 4 is 9.84 Å². The fraction of sp³-hybridized carbons (Fsp3) is 0.700. The van der Waals surface area contributed by atoms with E-state index in [1.165, 1.54) is 25.7 Å². The zero-order valence-corrected chi connectivity index (χ0v) is 15.9. The third kappa shape index (κ3) is 4.02. The molecule has 3 nitrogen and oxygen atoms in total. The van der Waals surface area contributed by atoms with Gasteiger partial charge in [-0.1, -0.05) is 70.6 Å². The van der Waals surface area contributed by atoms with Gasteiger partial charge in [0.1, 0.15) is 0 Å². The highest BCUT2D eigenvalue weighted by atomic mass is 32.2. The van der Waals surface area contributed by atoms with Gasteiger partial charge in [0, 0.05) is 0 Å². The fourth-order valence-corrected chi connectivity index (χ4v) is 6.32. The zero-order chi connectivity index (χ0) is 17.7. The first-order valence-corrected chi connectivity index (χ1v) is 10.9. The lowest BCUT2D eigenvalue weighted by atomic mass is 9.67. The van der Waals surface area contributed by atoms with Gasteiger partial charge in [0.05, 0.1) is 15.2 Å². The molecule has 2 rings (SSSR count). The van der Waals surface area contributed by atoms with Crippen LogP contribution in [0.15, 0.2) is 35.2 Å². The van der Waals surface area contributed by atoms with Crippen molar-refractivity contribution in [2.45, 2.75) is 93.3 Å². The van der Waals surface area contributed by atoms with E-state index in [1.54, 1.807) is 24.3 Å². The molecule has 1 N–H and O–H groups in total. The van der Waals surface area contributed by atoms with Crippen molar-refractivity contribution < 1.29 is 13.5 Å². The standard InChI is InChI=1S/C20H32O3S/c1-3-5-6-7-8-12-15-20(16-19(21,4-2)17-20)24(22,23)18-13-10-9-11-14-18/h9-11,13-14,21H,3-8,12,15-17H2,1-2H3. The minimum Gasteiger partial charge on any atom is -0.390 e. The van der Waals surface area contributed by atoms with E-state index in [2.05, 4.69) is 6.92 Å². The van der Waals surface area contributed by atoms with E-state index in [-0.39, 0.29) is 0 Å². The molecule has 0 amide bonds. The Morgan fingerprint density at radius 3 is 2.12 bits per heavy atom. The monoisotopic (exact) mass is 352 g/mol. The normalized spacial score (nSPS) is 27.0. The Morgan fingerprint density at radius 2 is 1.54 bits per heavy atom. The SMILES string of the molecule is CCCCCCCCC1(S(=O)(=O)c2ccccc2)CC(O)(CC)C1. The Kier molecular flexibility index (Phi) is 6.49. The highest BCUT2D eigenvalue weighted by Crippen LogP contribution is 2.53. The van der Waals surface area contributed by atoms with Crippen molar-refractivity contribution in [3.05, 3.63) is 30.3 Å². The molecule has 0 heterocycles. The van der Waals surface area contributed by atoms with Gasteiger partial charge < -0.3 is 5.11 Å². The van der Waals surface area contributed by atoms with Crippen LogP contribution in [0.4, 0.5) is 0 Å². The van der Waals surface area contributed by atoms with Crippen molar-refractivity contribution in [3.8, 4) is 0 Å². The summed E-state index contributed by atoms with van der Waals surface area (Å²) in [5.74, 6) is 0. The molecule has 0 atom stereocenters. The van der Waals surface area contributed by atoms with Gasteiger partial charge in [0.25, 0.3) is 0 Å². The van der Waals surface area contributed by atoms with E-state index < -0.39 is 20.2 Å². The largest absolute Gasteiger partial charge is 0.390 e. The van der Waals surface area contributed by atoms with Gasteiger partial charge in [-0.2, -0.15) is 0 Å². The van der Waals surface area contributed by atoms with E-state index in [4.69, 9.17) is 0 Å². The third-order valence-corrected chi connectivity index (χ3v) is 8.10. The van der Waals surface area contributed by atoms with Gasteiger partial charge in [0.15, 0.2) is 9.84 Å². The van der Waals surface area contributed by atoms with Crippen LogP contribution >= 0.6 is 0 Å². The number of benzene rings is 1. The Hall–Kier alpha value is -0.870. The first-order chi connectivity index (χ1) is 11.4. The molecular weight excluding hydrogens is 320 g/mol. The predicted octanol–water partition coefficient (Wildman–Crippen LogP) is 4.88. The molecule has 136 valence electrons. The predicted molar refractivity (Wildman–Crippen MR) is 98.8 cm³/mol. The molecule has 0 unspecified atom stereocenters. The van der Waals surface area contributed by atoms with Crippen molar-refractivity contribution in [2.75, 3.05) is 0 Å². The smallest absolute Gasteiger partial charge is 0.184 e. The summed E-state index contributed by atoms with van der Waals surface area (Å²) in [6.45, 7) is 4.13. The highest BCUT2D eigenvalue weighted by molar-refractivity contribution is 7.93. The Morgan fingerprint density at radius 1 is 0.958 bits per heavy atom. The summed E-state index contributed by atoms with van der Waals surface area (Å²) >= 11 is 0. The summed E-state index contributed by atoms with van der Waals surface area (Å²) in [7, 11) is -3.40. The second-order valence-electron chi connectivity index (χ2n) is 7.45. The maximum absolute atomic E-state index is 13.2. The number of hydrogen-bond acceptors (Lipinski definition) is 3. The molecule has 4 heteroatoms. The summed E-state index contributed by atoms with van der Waals surface area (Å²) in [6.07, 6.45) is 8.92. The maximum atomic E-state index is 13.2. The van der Waals surface area contributed by atoms with Gasteiger partial charge in [-0.25, -0.2) is 8.42 Å². The Labute approximate surface area is 147 Å². The number of sulfone groups is 1. The molecule has 1 aliphatic rings. The molecule has 0 aliphatic heterocycles. The van der Waals surface area contributed by atoms with Gasteiger partial charge in [-0.15, -0.1) is 0 Å². The van der Waals surface area contributed by atoms with Crippen LogP contribution in [0.25, 0.3) is 0 Å². The third-order valence-electron chi connectivity index (χ3n) is 5.57. The van der Waals surface area contributed by atoms with E-state index >= 15 is 0 Å². The summed E-state index contributed by atoms with van der Waals surface area (Å²) < 4.78 is 25.6. The highest BCUT2D eigenvalue weighted by Gasteiger charge is 2.59. The number of rotatable bonds is 10. The summed E-state index contributed by atoms with van der Waals surface area (Å²) in [5, 5.41) is 10.5. The molecule has 0 bridgehead atoms. The topological polar surface area (TPSA) is 54.4 Å². The van der Waals surface area contributed by atoms with E-state index in [1.807, 2.05) is 13.0 Å². The van der Waals surface area contributed by atoms with Crippen LogP contribution in [-0.2, 0) is 9.84 Å². The van der Waals surface area contributed by atoms with Crippen LogP contribution < -0.4 is 0 Å². The molecular formula is C20H32O3S. The average molecular weight is 353 g/mol. The van der Waals surface area contributed by atoms with Gasteiger partial charge >= 0.3 is 0 Å². The number of unbranched alkanes of at least 4 members (excludes halogenated alkanes) is 5.